The van der Waals surface area contributed by atoms with Crippen LogP contribution < -0.4 is 0 Å². The van der Waals surface area contributed by atoms with E-state index in [0.29, 0.717) is 0 Å². The first-order chi connectivity index (χ1) is 25.2. The van der Waals surface area contributed by atoms with E-state index in [1.54, 1.807) is 0 Å². The first kappa shape index (κ1) is 34.2. The number of aromatic nitrogens is 1. The maximum Gasteiger partial charge on any atom is 0.0990 e. The summed E-state index contributed by atoms with van der Waals surface area (Å²) >= 11 is 3.77. The second kappa shape index (κ2) is 12.0. The second-order valence-electron chi connectivity index (χ2n) is 16.6. The highest BCUT2D eigenvalue weighted by Crippen LogP contribution is 2.49. The van der Waals surface area contributed by atoms with Gasteiger partial charge in [0, 0.05) is 37.1 Å². The Morgan fingerprint density at radius 2 is 0.962 bits per heavy atom. The number of benzene rings is 6. The van der Waals surface area contributed by atoms with Gasteiger partial charge >= 0.3 is 0 Å². The summed E-state index contributed by atoms with van der Waals surface area (Å²) in [5, 5.41) is 7.28. The quantitative estimate of drug-likeness (QED) is 0.177. The van der Waals surface area contributed by atoms with Crippen LogP contribution in [0.15, 0.2) is 137 Å². The van der Waals surface area contributed by atoms with Crippen LogP contribution in [0.2, 0.25) is 0 Å². The van der Waals surface area contributed by atoms with E-state index in [4.69, 9.17) is 9.98 Å². The highest BCUT2D eigenvalue weighted by Gasteiger charge is 2.45. The predicted molar refractivity (Wildman–Crippen MR) is 234 cm³/mol. The van der Waals surface area contributed by atoms with E-state index >= 15 is 0 Å². The fourth-order valence-electron chi connectivity index (χ4n) is 7.61. The number of hydrogen-bond donors (Lipinski definition) is 0. The molecule has 0 amide bonds. The van der Waals surface area contributed by atoms with Crippen molar-refractivity contribution in [3.63, 3.8) is 0 Å². The summed E-state index contributed by atoms with van der Waals surface area (Å²) in [6, 6.07) is 47.1. The zero-order valence-electron chi connectivity index (χ0n) is 31.8. The molecule has 0 radical (unpaired) electrons. The molecule has 264 valence electrons. The van der Waals surface area contributed by atoms with E-state index < -0.39 is 0 Å². The molecule has 3 nitrogen and oxygen atoms in total. The molecule has 9 rings (SSSR count). The van der Waals surface area contributed by atoms with E-state index in [9.17, 15) is 0 Å². The topological polar surface area (TPSA) is 29.6 Å². The van der Waals surface area contributed by atoms with E-state index in [0.717, 1.165) is 15.8 Å². The first-order valence-electron chi connectivity index (χ1n) is 18.6. The summed E-state index contributed by atoms with van der Waals surface area (Å²) in [4.78, 5) is 10.4. The largest absolute Gasteiger partial charge is 0.309 e. The lowest BCUT2D eigenvalue weighted by molar-refractivity contribution is 0.426. The van der Waals surface area contributed by atoms with Crippen LogP contribution in [0, 0.1) is 0 Å². The number of nitrogens with zero attached hydrogens (tertiary/aromatic N) is 3. The van der Waals surface area contributed by atoms with Gasteiger partial charge < -0.3 is 4.57 Å². The highest BCUT2D eigenvalue weighted by atomic mass is 32.2. The average molecular weight is 728 g/mol. The van der Waals surface area contributed by atoms with Crippen LogP contribution in [0.3, 0.4) is 0 Å². The number of para-hydroxylation sites is 1. The smallest absolute Gasteiger partial charge is 0.0990 e. The lowest BCUT2D eigenvalue weighted by Gasteiger charge is -2.30. The van der Waals surface area contributed by atoms with Crippen LogP contribution in [0.25, 0.3) is 60.5 Å². The molecule has 0 N–H and O–H groups in total. The number of thioether (sulfide) groups is 2. The third kappa shape index (κ3) is 5.50. The van der Waals surface area contributed by atoms with Crippen molar-refractivity contribution in [3.8, 4) is 27.9 Å². The Balaban J connectivity index is 1.25. The minimum Gasteiger partial charge on any atom is -0.309 e. The lowest BCUT2D eigenvalue weighted by atomic mass is 9.90. The Kier molecular flexibility index (Phi) is 7.72. The van der Waals surface area contributed by atoms with E-state index in [2.05, 4.69) is 187 Å². The minimum atomic E-state index is -0.136. The summed E-state index contributed by atoms with van der Waals surface area (Å²) in [7, 11) is 0. The third-order valence-electron chi connectivity index (χ3n) is 12.1. The molecule has 0 fully saturated rings. The molecule has 0 saturated carbocycles. The van der Waals surface area contributed by atoms with Crippen molar-refractivity contribution in [1.82, 2.24) is 4.57 Å². The van der Waals surface area contributed by atoms with E-state index in [1.807, 2.05) is 23.5 Å². The normalized spacial score (nSPS) is 18.5. The van der Waals surface area contributed by atoms with Crippen molar-refractivity contribution < 1.29 is 0 Å². The van der Waals surface area contributed by atoms with Crippen molar-refractivity contribution >= 4 is 66.2 Å². The Morgan fingerprint density at radius 1 is 0.434 bits per heavy atom. The van der Waals surface area contributed by atoms with Crippen LogP contribution in [-0.4, -0.2) is 35.2 Å². The van der Waals surface area contributed by atoms with Crippen molar-refractivity contribution in [2.24, 2.45) is 9.98 Å². The first-order valence-corrected chi connectivity index (χ1v) is 20.2. The standard InChI is InChI=1S/C48H45N3S2/c1-45(2)47(5,6)52-43(49-45)33-18-14-16-30(26-33)31-24-25-38-40(28-31)51(35-20-10-9-11-21-35)41-29-39(36-22-12-13-23-37(36)42(38)41)32-17-15-19-34(27-32)44-50-46(3,4)48(7,8)53-44/h9-29H,1-8H3. The number of aliphatic imine (C=N–C) groups is 2. The van der Waals surface area contributed by atoms with Gasteiger partial charge in [-0.05, 0) is 125 Å². The predicted octanol–water partition coefficient (Wildman–Crippen LogP) is 13.4. The minimum absolute atomic E-state index is 0.0260. The maximum atomic E-state index is 5.21. The van der Waals surface area contributed by atoms with Gasteiger partial charge in [0.15, 0.2) is 0 Å². The summed E-state index contributed by atoms with van der Waals surface area (Å²) in [6.45, 7) is 18.2. The molecule has 0 saturated heterocycles. The number of hydrogen-bond acceptors (Lipinski definition) is 4. The number of fused-ring (bicyclic) bond motifs is 5. The van der Waals surface area contributed by atoms with Gasteiger partial charge in [0.2, 0.25) is 0 Å². The lowest BCUT2D eigenvalue weighted by Crippen LogP contribution is -2.36. The van der Waals surface area contributed by atoms with Gasteiger partial charge in [-0.2, -0.15) is 0 Å². The van der Waals surface area contributed by atoms with E-state index in [1.165, 1.54) is 66.0 Å². The van der Waals surface area contributed by atoms with Crippen molar-refractivity contribution in [1.29, 1.82) is 0 Å². The molecule has 5 heteroatoms. The Hall–Kier alpha value is -4.58. The second-order valence-corrected chi connectivity index (χ2v) is 19.8. The molecule has 0 bridgehead atoms. The third-order valence-corrected chi connectivity index (χ3v) is 15.1. The average Bonchev–Trinajstić information content (AvgIpc) is 3.68. The van der Waals surface area contributed by atoms with E-state index in [-0.39, 0.29) is 20.6 Å². The summed E-state index contributed by atoms with van der Waals surface area (Å²) < 4.78 is 2.52. The zero-order valence-corrected chi connectivity index (χ0v) is 33.4. The molecule has 2 aliphatic heterocycles. The van der Waals surface area contributed by atoms with Crippen molar-refractivity contribution in [3.05, 3.63) is 139 Å². The van der Waals surface area contributed by atoms with Gasteiger partial charge in [-0.15, -0.1) is 0 Å². The van der Waals surface area contributed by atoms with Gasteiger partial charge in [-0.3, -0.25) is 9.98 Å². The molecule has 0 spiro atoms. The zero-order chi connectivity index (χ0) is 36.9. The Labute approximate surface area is 321 Å². The Morgan fingerprint density at radius 3 is 1.57 bits per heavy atom. The molecular weight excluding hydrogens is 683 g/mol. The fourth-order valence-corrected chi connectivity index (χ4v) is 10.2. The molecule has 53 heavy (non-hydrogen) atoms. The molecular formula is C48H45N3S2. The van der Waals surface area contributed by atoms with Crippen molar-refractivity contribution in [2.75, 3.05) is 0 Å². The molecule has 1 aromatic heterocycles. The summed E-state index contributed by atoms with van der Waals surface area (Å²) in [5.41, 5.74) is 10.5. The number of rotatable bonds is 5. The van der Waals surface area contributed by atoms with Gasteiger partial charge in [0.1, 0.15) is 0 Å². The monoisotopic (exact) mass is 727 g/mol. The fraction of sp³-hybridized carbons (Fsp3) is 0.250. The molecule has 0 aliphatic carbocycles. The summed E-state index contributed by atoms with van der Waals surface area (Å²) in [6.07, 6.45) is 0. The van der Waals surface area contributed by atoms with Crippen LogP contribution in [0.5, 0.6) is 0 Å². The van der Waals surface area contributed by atoms with Gasteiger partial charge in [-0.1, -0.05) is 115 Å². The molecule has 2 aliphatic rings. The van der Waals surface area contributed by atoms with Crippen LogP contribution in [0.4, 0.5) is 0 Å². The van der Waals surface area contributed by atoms with Crippen LogP contribution in [0.1, 0.15) is 66.5 Å². The maximum absolute atomic E-state index is 5.21. The van der Waals surface area contributed by atoms with Crippen LogP contribution >= 0.6 is 23.5 Å². The van der Waals surface area contributed by atoms with Gasteiger partial charge in [0.25, 0.3) is 0 Å². The molecule has 7 aromatic rings. The SMILES string of the molecule is CC1(C)N=C(c2cccc(-c3ccc4c5c6ccccc6c(-c6cccc(C7=NC(C)(C)C(C)(C)S7)c6)cc5n(-c5ccccc5)c4c3)c2)SC1(C)C. The van der Waals surface area contributed by atoms with Gasteiger partial charge in [0.05, 0.1) is 32.2 Å². The molecule has 3 heterocycles. The summed E-state index contributed by atoms with van der Waals surface area (Å²) in [5.74, 6) is 0. The van der Waals surface area contributed by atoms with Crippen LogP contribution in [-0.2, 0) is 0 Å². The van der Waals surface area contributed by atoms with Gasteiger partial charge in [-0.25, -0.2) is 0 Å². The van der Waals surface area contributed by atoms with Crippen molar-refractivity contribution in [2.45, 2.75) is 76.0 Å². The Bertz CT molecular complexity index is 2670. The highest BCUT2D eigenvalue weighted by molar-refractivity contribution is 8.16. The molecule has 6 aromatic carbocycles. The molecule has 0 unspecified atom stereocenters. The molecule has 0 atom stereocenters.